The van der Waals surface area contributed by atoms with E-state index in [0.717, 1.165) is 22.3 Å². The highest BCUT2D eigenvalue weighted by Gasteiger charge is 2.24. The molecule has 1 atom stereocenters. The summed E-state index contributed by atoms with van der Waals surface area (Å²) in [6.07, 6.45) is 2.48. The minimum atomic E-state index is -0.0546. The molecule has 21 heavy (non-hydrogen) atoms. The molecule has 0 radical (unpaired) electrons. The Kier molecular flexibility index (Phi) is 4.36. The van der Waals surface area contributed by atoms with Crippen molar-refractivity contribution in [3.05, 3.63) is 46.6 Å². The van der Waals surface area contributed by atoms with E-state index in [1.165, 1.54) is 0 Å². The second kappa shape index (κ2) is 6.41. The zero-order chi connectivity index (χ0) is 14.7. The Morgan fingerprint density at radius 1 is 1.38 bits per heavy atom. The lowest BCUT2D eigenvalue weighted by atomic mass is 10.1. The topological polar surface area (TPSA) is 56.2 Å². The van der Waals surface area contributed by atoms with E-state index in [2.05, 4.69) is 26.3 Å². The van der Waals surface area contributed by atoms with Crippen molar-refractivity contribution in [3.63, 3.8) is 0 Å². The van der Waals surface area contributed by atoms with Crippen molar-refractivity contribution in [2.75, 3.05) is 18.5 Å². The van der Waals surface area contributed by atoms with Gasteiger partial charge in [0.05, 0.1) is 25.3 Å². The maximum atomic E-state index is 12.1. The van der Waals surface area contributed by atoms with Crippen LogP contribution in [-0.4, -0.2) is 28.9 Å². The van der Waals surface area contributed by atoms with Gasteiger partial charge in [-0.15, -0.1) is 0 Å². The maximum Gasteiger partial charge on any atom is 0.231 e. The summed E-state index contributed by atoms with van der Waals surface area (Å²) in [4.78, 5) is 12.1. The molecule has 0 spiro atoms. The van der Waals surface area contributed by atoms with Crippen LogP contribution in [0.2, 0.25) is 0 Å². The summed E-state index contributed by atoms with van der Waals surface area (Å²) >= 11 is 3.42. The Hall–Kier alpha value is -1.66. The van der Waals surface area contributed by atoms with Crippen LogP contribution in [-0.2, 0) is 16.1 Å². The third-order valence-electron chi connectivity index (χ3n) is 3.51. The van der Waals surface area contributed by atoms with Crippen LogP contribution >= 0.6 is 15.9 Å². The van der Waals surface area contributed by atoms with Crippen LogP contribution in [0.1, 0.15) is 12.0 Å². The largest absolute Gasteiger partial charge is 0.381 e. The molecule has 6 heteroatoms. The van der Waals surface area contributed by atoms with Crippen LogP contribution in [0.5, 0.6) is 0 Å². The lowest BCUT2D eigenvalue weighted by Gasteiger charge is -2.11. The number of aromatic nitrogens is 2. The lowest BCUT2D eigenvalue weighted by Crippen LogP contribution is -2.24. The number of anilines is 1. The zero-order valence-electron chi connectivity index (χ0n) is 11.5. The number of rotatable bonds is 4. The quantitative estimate of drug-likeness (QED) is 0.923. The van der Waals surface area contributed by atoms with E-state index >= 15 is 0 Å². The fraction of sp³-hybridized carbons (Fsp3) is 0.333. The van der Waals surface area contributed by atoms with E-state index in [4.69, 9.17) is 4.74 Å². The predicted octanol–water partition coefficient (Wildman–Crippen LogP) is 2.67. The molecule has 0 saturated carbocycles. The lowest BCUT2D eigenvalue weighted by molar-refractivity contribution is -0.119. The van der Waals surface area contributed by atoms with Crippen LogP contribution < -0.4 is 5.32 Å². The van der Waals surface area contributed by atoms with Gasteiger partial charge in [0.15, 0.2) is 0 Å². The number of hydrogen-bond donors (Lipinski definition) is 1. The van der Waals surface area contributed by atoms with Crippen LogP contribution in [0.25, 0.3) is 0 Å². The van der Waals surface area contributed by atoms with E-state index in [9.17, 15) is 4.79 Å². The summed E-state index contributed by atoms with van der Waals surface area (Å²) in [5.74, 6) is 0.668. The first-order valence-electron chi connectivity index (χ1n) is 6.87. The molecule has 1 fully saturated rings. The normalized spacial score (nSPS) is 17.9. The monoisotopic (exact) mass is 349 g/mol. The number of carbonyl (C=O) groups is 1. The predicted molar refractivity (Wildman–Crippen MR) is 83.0 cm³/mol. The molecule has 1 unspecified atom stereocenters. The van der Waals surface area contributed by atoms with Gasteiger partial charge in [-0.25, -0.2) is 4.68 Å². The highest BCUT2D eigenvalue weighted by atomic mass is 79.9. The molecule has 3 rings (SSSR count). The molecule has 1 N–H and O–H groups in total. The minimum absolute atomic E-state index is 0.00468. The van der Waals surface area contributed by atoms with Gasteiger partial charge >= 0.3 is 0 Å². The Balaban J connectivity index is 1.68. The number of ether oxygens (including phenoxy) is 1. The number of amides is 1. The minimum Gasteiger partial charge on any atom is -0.381 e. The maximum absolute atomic E-state index is 12.1. The fourth-order valence-electron chi connectivity index (χ4n) is 2.30. The Morgan fingerprint density at radius 3 is 2.90 bits per heavy atom. The molecule has 1 aromatic carbocycles. The first-order chi connectivity index (χ1) is 10.2. The number of nitrogens with one attached hydrogen (secondary N) is 1. The molecule has 110 valence electrons. The molecule has 0 aliphatic carbocycles. The average Bonchev–Trinajstić information content (AvgIpc) is 3.14. The first kappa shape index (κ1) is 14.3. The summed E-state index contributed by atoms with van der Waals surface area (Å²) in [6, 6.07) is 9.86. The van der Waals surface area contributed by atoms with Crippen molar-refractivity contribution in [1.29, 1.82) is 0 Å². The van der Waals surface area contributed by atoms with Crippen LogP contribution in [0.3, 0.4) is 0 Å². The van der Waals surface area contributed by atoms with Gasteiger partial charge in [0, 0.05) is 17.1 Å². The molecule has 2 heterocycles. The smallest absolute Gasteiger partial charge is 0.231 e. The summed E-state index contributed by atoms with van der Waals surface area (Å²) in [5, 5.41) is 7.21. The van der Waals surface area contributed by atoms with Crippen molar-refractivity contribution in [2.45, 2.75) is 13.0 Å². The standard InChI is InChI=1S/C15H16BrN3O2/c16-13-3-1-11(2-4-13)9-19-14(5-7-17-19)18-15(20)12-6-8-21-10-12/h1-5,7,12H,6,8-10H2,(H,18,20). The molecule has 1 aliphatic heterocycles. The fourth-order valence-corrected chi connectivity index (χ4v) is 2.56. The molecule has 2 aromatic rings. The zero-order valence-corrected chi connectivity index (χ0v) is 13.0. The van der Waals surface area contributed by atoms with E-state index in [1.54, 1.807) is 10.9 Å². The molecule has 1 amide bonds. The third-order valence-corrected chi connectivity index (χ3v) is 4.04. The van der Waals surface area contributed by atoms with Crippen molar-refractivity contribution in [2.24, 2.45) is 5.92 Å². The molecule has 1 aliphatic rings. The van der Waals surface area contributed by atoms with E-state index < -0.39 is 0 Å². The molecular weight excluding hydrogens is 334 g/mol. The summed E-state index contributed by atoms with van der Waals surface area (Å²) in [5.41, 5.74) is 1.13. The van der Waals surface area contributed by atoms with Crippen LogP contribution in [0.4, 0.5) is 5.82 Å². The molecule has 1 saturated heterocycles. The first-order valence-corrected chi connectivity index (χ1v) is 7.66. The van der Waals surface area contributed by atoms with Crippen molar-refractivity contribution in [3.8, 4) is 0 Å². The SMILES string of the molecule is O=C(Nc1ccnn1Cc1ccc(Br)cc1)C1CCOC1. The second-order valence-electron chi connectivity index (χ2n) is 5.05. The van der Waals surface area contributed by atoms with Gasteiger partial charge in [-0.3, -0.25) is 4.79 Å². The van der Waals surface area contributed by atoms with Gasteiger partial charge in [0.1, 0.15) is 5.82 Å². The molecule has 0 bridgehead atoms. The summed E-state index contributed by atoms with van der Waals surface area (Å²) in [7, 11) is 0. The Morgan fingerprint density at radius 2 is 2.19 bits per heavy atom. The van der Waals surface area contributed by atoms with E-state index in [-0.39, 0.29) is 11.8 Å². The average molecular weight is 350 g/mol. The van der Waals surface area contributed by atoms with Gasteiger partial charge in [0.2, 0.25) is 5.91 Å². The second-order valence-corrected chi connectivity index (χ2v) is 5.97. The van der Waals surface area contributed by atoms with Gasteiger partial charge in [-0.2, -0.15) is 5.10 Å². The van der Waals surface area contributed by atoms with E-state index in [1.807, 2.05) is 30.3 Å². The van der Waals surface area contributed by atoms with Gasteiger partial charge < -0.3 is 10.1 Å². The molecule has 5 nitrogen and oxygen atoms in total. The Labute approximate surface area is 131 Å². The number of hydrogen-bond acceptors (Lipinski definition) is 3. The van der Waals surface area contributed by atoms with Gasteiger partial charge in [-0.1, -0.05) is 28.1 Å². The number of halogens is 1. The van der Waals surface area contributed by atoms with Crippen LogP contribution in [0.15, 0.2) is 41.0 Å². The summed E-state index contributed by atoms with van der Waals surface area (Å²) in [6.45, 7) is 1.79. The Bertz CT molecular complexity index is 618. The summed E-state index contributed by atoms with van der Waals surface area (Å²) < 4.78 is 8.08. The van der Waals surface area contributed by atoms with Crippen molar-refractivity contribution in [1.82, 2.24) is 9.78 Å². The van der Waals surface area contributed by atoms with Gasteiger partial charge in [0.25, 0.3) is 0 Å². The number of carbonyl (C=O) groups excluding carboxylic acids is 1. The van der Waals surface area contributed by atoms with Crippen molar-refractivity contribution >= 4 is 27.7 Å². The van der Waals surface area contributed by atoms with Crippen molar-refractivity contribution < 1.29 is 9.53 Å². The highest BCUT2D eigenvalue weighted by molar-refractivity contribution is 9.10. The number of benzene rings is 1. The number of nitrogens with zero attached hydrogens (tertiary/aromatic N) is 2. The highest BCUT2D eigenvalue weighted by Crippen LogP contribution is 2.17. The third kappa shape index (κ3) is 3.51. The molecular formula is C15H16BrN3O2. The van der Waals surface area contributed by atoms with E-state index in [0.29, 0.717) is 19.8 Å². The van der Waals surface area contributed by atoms with Crippen LogP contribution in [0, 0.1) is 5.92 Å². The molecule has 1 aromatic heterocycles. The van der Waals surface area contributed by atoms with Gasteiger partial charge in [-0.05, 0) is 24.1 Å².